The Kier molecular flexibility index (Phi) is 5.83. The van der Waals surface area contributed by atoms with Crippen molar-refractivity contribution in [3.8, 4) is 0 Å². The van der Waals surface area contributed by atoms with Crippen molar-refractivity contribution in [2.45, 2.75) is 25.8 Å². The third kappa shape index (κ3) is 4.15. The lowest BCUT2D eigenvalue weighted by molar-refractivity contribution is 0.0725. The number of halogens is 2. The smallest absolute Gasteiger partial charge is 0.257 e. The minimum absolute atomic E-state index is 0.0346. The number of nitrogens with one attached hydrogen (secondary N) is 1. The number of anilines is 1. The molecule has 1 amide bonds. The molecule has 144 valence electrons. The second-order valence-electron chi connectivity index (χ2n) is 7.04. The second-order valence-corrected chi connectivity index (χ2v) is 8.39. The van der Waals surface area contributed by atoms with Crippen molar-refractivity contribution in [1.82, 2.24) is 9.88 Å². The molecule has 1 aliphatic rings. The molecule has 2 aromatic carbocycles. The molecule has 6 heteroatoms. The van der Waals surface area contributed by atoms with Gasteiger partial charge in [-0.05, 0) is 55.2 Å². The largest absolute Gasteiger partial charge is 0.380 e. The molecule has 2 heterocycles. The summed E-state index contributed by atoms with van der Waals surface area (Å²) in [6, 6.07) is 13.7. The van der Waals surface area contributed by atoms with Gasteiger partial charge in [0.25, 0.3) is 5.91 Å². The van der Waals surface area contributed by atoms with Crippen molar-refractivity contribution in [3.63, 3.8) is 0 Å². The van der Waals surface area contributed by atoms with Gasteiger partial charge in [0.2, 0.25) is 0 Å². The Morgan fingerprint density at radius 1 is 1.11 bits per heavy atom. The molecule has 4 rings (SSSR count). The number of pyridine rings is 1. The highest BCUT2D eigenvalue weighted by Crippen LogP contribution is 2.30. The number of fused-ring (bicyclic) bond motifs is 1. The molecule has 0 unspecified atom stereocenters. The minimum Gasteiger partial charge on any atom is -0.380 e. The van der Waals surface area contributed by atoms with Crippen LogP contribution in [0.3, 0.4) is 0 Å². The normalized spacial score (nSPS) is 14.3. The number of carbonyl (C=O) groups is 1. The van der Waals surface area contributed by atoms with Crippen LogP contribution in [0.2, 0.25) is 5.02 Å². The molecule has 3 aromatic rings. The van der Waals surface area contributed by atoms with Crippen molar-refractivity contribution < 1.29 is 4.79 Å². The summed E-state index contributed by atoms with van der Waals surface area (Å²) in [6.07, 6.45) is 4.99. The third-order valence-corrected chi connectivity index (χ3v) is 5.85. The van der Waals surface area contributed by atoms with E-state index in [-0.39, 0.29) is 5.91 Å². The van der Waals surface area contributed by atoms with Crippen LogP contribution in [0.25, 0.3) is 10.9 Å². The van der Waals surface area contributed by atoms with Crippen LogP contribution in [0.5, 0.6) is 0 Å². The Hall–Kier alpha value is -2.11. The molecule has 0 bridgehead atoms. The molecule has 1 aliphatic heterocycles. The third-order valence-electron chi connectivity index (χ3n) is 5.09. The SMILES string of the molecule is O=C(c1cnc2ccc(Cl)cc2c1NCc1ccc(Br)cc1)N1CCCCC1. The predicted octanol–water partition coefficient (Wildman–Crippen LogP) is 5.89. The number of amides is 1. The topological polar surface area (TPSA) is 45.2 Å². The van der Waals surface area contributed by atoms with E-state index in [1.807, 2.05) is 35.2 Å². The minimum atomic E-state index is 0.0346. The maximum absolute atomic E-state index is 13.2. The zero-order chi connectivity index (χ0) is 19.5. The van der Waals surface area contributed by atoms with Gasteiger partial charge in [0.1, 0.15) is 0 Å². The average Bonchev–Trinajstić information content (AvgIpc) is 2.73. The average molecular weight is 459 g/mol. The van der Waals surface area contributed by atoms with Crippen LogP contribution in [0.4, 0.5) is 5.69 Å². The molecule has 0 atom stereocenters. The highest BCUT2D eigenvalue weighted by atomic mass is 79.9. The second kappa shape index (κ2) is 8.50. The highest BCUT2D eigenvalue weighted by Gasteiger charge is 2.22. The van der Waals surface area contributed by atoms with E-state index in [0.29, 0.717) is 17.1 Å². The molecule has 0 aliphatic carbocycles. The summed E-state index contributed by atoms with van der Waals surface area (Å²) in [5.74, 6) is 0.0346. The molecule has 1 saturated heterocycles. The summed E-state index contributed by atoms with van der Waals surface area (Å²) in [5.41, 5.74) is 3.35. The standard InChI is InChI=1S/C22H21BrClN3O/c23-16-6-4-15(5-7-16)13-26-21-18-12-17(24)8-9-20(18)25-14-19(21)22(28)27-10-2-1-3-11-27/h4-9,12,14H,1-3,10-11,13H2,(H,25,26). The summed E-state index contributed by atoms with van der Waals surface area (Å²) in [6.45, 7) is 2.22. The van der Waals surface area contributed by atoms with Gasteiger partial charge < -0.3 is 10.2 Å². The molecular formula is C22H21BrClN3O. The zero-order valence-corrected chi connectivity index (χ0v) is 17.8. The number of benzene rings is 2. The van der Waals surface area contributed by atoms with Crippen LogP contribution in [0.15, 0.2) is 53.1 Å². The van der Waals surface area contributed by atoms with Crippen LogP contribution >= 0.6 is 27.5 Å². The highest BCUT2D eigenvalue weighted by molar-refractivity contribution is 9.10. The number of rotatable bonds is 4. The van der Waals surface area contributed by atoms with Crippen LogP contribution in [0.1, 0.15) is 35.2 Å². The monoisotopic (exact) mass is 457 g/mol. The van der Waals surface area contributed by atoms with Crippen LogP contribution in [-0.2, 0) is 6.54 Å². The summed E-state index contributed by atoms with van der Waals surface area (Å²) >= 11 is 9.71. The van der Waals surface area contributed by atoms with E-state index in [1.54, 1.807) is 6.20 Å². The first-order valence-corrected chi connectivity index (χ1v) is 10.6. The van der Waals surface area contributed by atoms with Gasteiger partial charge in [-0.25, -0.2) is 0 Å². The molecule has 4 nitrogen and oxygen atoms in total. The number of likely N-dealkylation sites (tertiary alicyclic amines) is 1. The Morgan fingerprint density at radius 3 is 2.61 bits per heavy atom. The molecule has 0 saturated carbocycles. The van der Waals surface area contributed by atoms with Gasteiger partial charge >= 0.3 is 0 Å². The Labute approximate surface area is 178 Å². The van der Waals surface area contributed by atoms with Gasteiger partial charge in [-0.3, -0.25) is 9.78 Å². The zero-order valence-electron chi connectivity index (χ0n) is 15.4. The van der Waals surface area contributed by atoms with Gasteiger partial charge in [-0.15, -0.1) is 0 Å². The van der Waals surface area contributed by atoms with Crippen molar-refractivity contribution in [2.75, 3.05) is 18.4 Å². The first-order valence-electron chi connectivity index (χ1n) is 9.48. The molecule has 1 fully saturated rings. The first-order chi connectivity index (χ1) is 13.6. The fraction of sp³-hybridized carbons (Fsp3) is 0.273. The molecular weight excluding hydrogens is 438 g/mol. The van der Waals surface area contributed by atoms with Crippen LogP contribution in [-0.4, -0.2) is 28.9 Å². The van der Waals surface area contributed by atoms with E-state index in [1.165, 1.54) is 6.42 Å². The van der Waals surface area contributed by atoms with E-state index in [0.717, 1.165) is 52.6 Å². The van der Waals surface area contributed by atoms with Gasteiger partial charge in [-0.1, -0.05) is 39.7 Å². The van der Waals surface area contributed by atoms with Crippen molar-refractivity contribution in [3.05, 3.63) is 69.3 Å². The van der Waals surface area contributed by atoms with Gasteiger partial charge in [0.05, 0.1) is 16.8 Å². The molecule has 28 heavy (non-hydrogen) atoms. The number of carbonyl (C=O) groups excluding carboxylic acids is 1. The van der Waals surface area contributed by atoms with Gasteiger partial charge in [-0.2, -0.15) is 0 Å². The Morgan fingerprint density at radius 2 is 1.86 bits per heavy atom. The van der Waals surface area contributed by atoms with Gasteiger partial charge in [0, 0.05) is 40.7 Å². The quantitative estimate of drug-likeness (QED) is 0.530. The van der Waals surface area contributed by atoms with E-state index in [2.05, 4.69) is 38.4 Å². The van der Waals surface area contributed by atoms with Crippen molar-refractivity contribution in [1.29, 1.82) is 0 Å². The lowest BCUT2D eigenvalue weighted by Crippen LogP contribution is -2.36. The first kappa shape index (κ1) is 19.2. The predicted molar refractivity (Wildman–Crippen MR) is 118 cm³/mol. The van der Waals surface area contributed by atoms with Crippen molar-refractivity contribution >= 4 is 50.0 Å². The Balaban J connectivity index is 1.72. The number of hydrogen-bond acceptors (Lipinski definition) is 3. The maximum atomic E-state index is 13.2. The van der Waals surface area contributed by atoms with Gasteiger partial charge in [0.15, 0.2) is 0 Å². The Bertz CT molecular complexity index is 1000. The van der Waals surface area contributed by atoms with E-state index < -0.39 is 0 Å². The maximum Gasteiger partial charge on any atom is 0.257 e. The molecule has 1 aromatic heterocycles. The fourth-order valence-electron chi connectivity index (χ4n) is 3.58. The summed E-state index contributed by atoms with van der Waals surface area (Å²) in [7, 11) is 0. The lowest BCUT2D eigenvalue weighted by Gasteiger charge is -2.27. The summed E-state index contributed by atoms with van der Waals surface area (Å²) in [4.78, 5) is 19.7. The summed E-state index contributed by atoms with van der Waals surface area (Å²) in [5, 5.41) is 4.97. The fourth-order valence-corrected chi connectivity index (χ4v) is 4.01. The van der Waals surface area contributed by atoms with Crippen LogP contribution < -0.4 is 5.32 Å². The molecule has 0 radical (unpaired) electrons. The molecule has 1 N–H and O–H groups in total. The lowest BCUT2D eigenvalue weighted by atomic mass is 10.1. The number of piperidine rings is 1. The van der Waals surface area contributed by atoms with Crippen LogP contribution in [0, 0.1) is 0 Å². The summed E-state index contributed by atoms with van der Waals surface area (Å²) < 4.78 is 1.04. The van der Waals surface area contributed by atoms with E-state index >= 15 is 0 Å². The van der Waals surface area contributed by atoms with Crippen molar-refractivity contribution in [2.24, 2.45) is 0 Å². The number of nitrogens with zero attached hydrogens (tertiary/aromatic N) is 2. The molecule has 0 spiro atoms. The van der Waals surface area contributed by atoms with E-state index in [9.17, 15) is 4.79 Å². The number of aromatic nitrogens is 1. The number of hydrogen-bond donors (Lipinski definition) is 1. The van der Waals surface area contributed by atoms with E-state index in [4.69, 9.17) is 11.6 Å².